The Morgan fingerprint density at radius 1 is 0.938 bits per heavy atom. The molecule has 2 aliphatic rings. The quantitative estimate of drug-likeness (QED) is 0.559. The van der Waals surface area contributed by atoms with E-state index in [1.54, 1.807) is 0 Å². The zero-order valence-electron chi connectivity index (χ0n) is 8.94. The van der Waals surface area contributed by atoms with Crippen LogP contribution in [0.15, 0.2) is 42.5 Å². The van der Waals surface area contributed by atoms with Crippen molar-refractivity contribution in [2.45, 2.75) is 12.5 Å². The Morgan fingerprint density at radius 3 is 2.62 bits per heavy atom. The fourth-order valence-electron chi connectivity index (χ4n) is 2.71. The van der Waals surface area contributed by atoms with Gasteiger partial charge in [-0.05, 0) is 34.2 Å². The van der Waals surface area contributed by atoms with E-state index < -0.39 is 0 Å². The van der Waals surface area contributed by atoms with Crippen molar-refractivity contribution in [2.75, 3.05) is 6.61 Å². The van der Waals surface area contributed by atoms with Crippen molar-refractivity contribution in [3.05, 3.63) is 59.2 Å². The molecular weight excluding hydrogens is 196 g/mol. The first-order valence-corrected chi connectivity index (χ1v) is 5.75. The van der Waals surface area contributed by atoms with Crippen molar-refractivity contribution in [1.82, 2.24) is 0 Å². The Kier molecular flexibility index (Phi) is 1.58. The number of hydrogen-bond acceptors (Lipinski definition) is 1. The van der Waals surface area contributed by atoms with E-state index in [1.165, 1.54) is 27.8 Å². The second-order valence-corrected chi connectivity index (χ2v) is 4.53. The molecule has 0 radical (unpaired) electrons. The molecule has 2 aromatic rings. The van der Waals surface area contributed by atoms with E-state index in [9.17, 15) is 0 Å². The van der Waals surface area contributed by atoms with Gasteiger partial charge in [0.05, 0.1) is 6.61 Å². The molecule has 4 rings (SSSR count). The summed E-state index contributed by atoms with van der Waals surface area (Å²) in [6.07, 6.45) is 1.44. The van der Waals surface area contributed by atoms with Crippen LogP contribution in [0.5, 0.6) is 0 Å². The minimum Gasteiger partial charge on any atom is -0.368 e. The molecule has 1 fully saturated rings. The zero-order chi connectivity index (χ0) is 10.5. The molecule has 0 saturated carbocycles. The van der Waals surface area contributed by atoms with E-state index in [0.29, 0.717) is 6.10 Å². The summed E-state index contributed by atoms with van der Waals surface area (Å²) in [7, 11) is 0. The molecule has 0 bridgehead atoms. The maximum atomic E-state index is 5.42. The lowest BCUT2D eigenvalue weighted by Crippen LogP contribution is -1.90. The maximum absolute atomic E-state index is 5.42. The molecule has 1 aliphatic carbocycles. The van der Waals surface area contributed by atoms with Crippen molar-refractivity contribution in [2.24, 2.45) is 0 Å². The Morgan fingerprint density at radius 2 is 1.75 bits per heavy atom. The predicted molar refractivity (Wildman–Crippen MR) is 63.4 cm³/mol. The largest absolute Gasteiger partial charge is 0.368 e. The smallest absolute Gasteiger partial charge is 0.106 e. The lowest BCUT2D eigenvalue weighted by molar-refractivity contribution is 0.415. The highest BCUT2D eigenvalue weighted by Crippen LogP contribution is 2.43. The predicted octanol–water partition coefficient (Wildman–Crippen LogP) is 3.33. The van der Waals surface area contributed by atoms with Crippen LogP contribution in [0.2, 0.25) is 0 Å². The summed E-state index contributed by atoms with van der Waals surface area (Å²) in [5, 5.41) is 0. The van der Waals surface area contributed by atoms with Gasteiger partial charge >= 0.3 is 0 Å². The third-order valence-corrected chi connectivity index (χ3v) is 3.57. The minimum absolute atomic E-state index is 0.365. The molecule has 0 aromatic heterocycles. The van der Waals surface area contributed by atoms with Crippen LogP contribution in [0.1, 0.15) is 22.8 Å². The van der Waals surface area contributed by atoms with Crippen LogP contribution in [0.25, 0.3) is 11.1 Å². The molecule has 0 spiro atoms. The molecule has 0 unspecified atom stereocenters. The second-order valence-electron chi connectivity index (χ2n) is 4.53. The molecule has 1 heterocycles. The van der Waals surface area contributed by atoms with Crippen LogP contribution in [0, 0.1) is 0 Å². The van der Waals surface area contributed by atoms with Gasteiger partial charge in [-0.2, -0.15) is 0 Å². The summed E-state index contributed by atoms with van der Waals surface area (Å²) < 4.78 is 5.42. The molecular formula is C15H12O. The fraction of sp³-hybridized carbons (Fsp3) is 0.200. The van der Waals surface area contributed by atoms with Crippen molar-refractivity contribution in [1.29, 1.82) is 0 Å². The van der Waals surface area contributed by atoms with Gasteiger partial charge in [0.15, 0.2) is 0 Å². The molecule has 1 atom stereocenters. The van der Waals surface area contributed by atoms with Gasteiger partial charge in [0.25, 0.3) is 0 Å². The molecule has 1 saturated heterocycles. The van der Waals surface area contributed by atoms with Crippen LogP contribution in [-0.4, -0.2) is 6.61 Å². The number of benzene rings is 2. The van der Waals surface area contributed by atoms with Gasteiger partial charge in [-0.1, -0.05) is 42.5 Å². The summed E-state index contributed by atoms with van der Waals surface area (Å²) in [4.78, 5) is 0. The lowest BCUT2D eigenvalue weighted by Gasteiger charge is -2.05. The number of hydrogen-bond donors (Lipinski definition) is 0. The summed E-state index contributed by atoms with van der Waals surface area (Å²) in [5.41, 5.74) is 7.13. The van der Waals surface area contributed by atoms with E-state index in [4.69, 9.17) is 4.74 Å². The van der Waals surface area contributed by atoms with Crippen molar-refractivity contribution >= 4 is 0 Å². The summed E-state index contributed by atoms with van der Waals surface area (Å²) in [5.74, 6) is 0. The molecule has 1 aliphatic heterocycles. The average molecular weight is 208 g/mol. The Bertz CT molecular complexity index is 567. The van der Waals surface area contributed by atoms with E-state index >= 15 is 0 Å². The SMILES string of the molecule is c1ccc2c(c1)Cc1c-2cccc1[C@@H]1CO1. The first kappa shape index (κ1) is 8.54. The van der Waals surface area contributed by atoms with Crippen molar-refractivity contribution < 1.29 is 4.74 Å². The van der Waals surface area contributed by atoms with Gasteiger partial charge in [-0.25, -0.2) is 0 Å². The lowest BCUT2D eigenvalue weighted by atomic mass is 9.99. The monoisotopic (exact) mass is 208 g/mol. The highest BCUT2D eigenvalue weighted by molar-refractivity contribution is 5.78. The molecule has 16 heavy (non-hydrogen) atoms. The Labute approximate surface area is 94.7 Å². The van der Waals surface area contributed by atoms with Gasteiger partial charge in [-0.3, -0.25) is 0 Å². The normalized spacial score (nSPS) is 20.4. The Balaban J connectivity index is 1.96. The molecule has 1 nitrogen and oxygen atoms in total. The van der Waals surface area contributed by atoms with E-state index in [1.807, 2.05) is 0 Å². The Hall–Kier alpha value is -1.60. The number of rotatable bonds is 1. The van der Waals surface area contributed by atoms with E-state index in [-0.39, 0.29) is 0 Å². The molecule has 1 heteroatoms. The van der Waals surface area contributed by atoms with E-state index in [2.05, 4.69) is 42.5 Å². The van der Waals surface area contributed by atoms with Crippen molar-refractivity contribution in [3.8, 4) is 11.1 Å². The number of epoxide rings is 1. The average Bonchev–Trinajstić information content (AvgIpc) is 3.09. The minimum atomic E-state index is 0.365. The topological polar surface area (TPSA) is 12.5 Å². The van der Waals surface area contributed by atoms with Gasteiger partial charge in [-0.15, -0.1) is 0 Å². The number of fused-ring (bicyclic) bond motifs is 3. The zero-order valence-corrected chi connectivity index (χ0v) is 8.94. The van der Waals surface area contributed by atoms with Crippen LogP contribution in [0.3, 0.4) is 0 Å². The summed E-state index contributed by atoms with van der Waals surface area (Å²) in [6, 6.07) is 15.3. The van der Waals surface area contributed by atoms with Gasteiger partial charge in [0.2, 0.25) is 0 Å². The highest BCUT2D eigenvalue weighted by Gasteiger charge is 2.30. The van der Waals surface area contributed by atoms with Gasteiger partial charge in [0, 0.05) is 0 Å². The third kappa shape index (κ3) is 1.09. The van der Waals surface area contributed by atoms with Gasteiger partial charge in [0.1, 0.15) is 6.10 Å². The van der Waals surface area contributed by atoms with Crippen LogP contribution in [0.4, 0.5) is 0 Å². The molecule has 78 valence electrons. The molecule has 2 aromatic carbocycles. The maximum Gasteiger partial charge on any atom is 0.106 e. The molecule has 0 N–H and O–H groups in total. The van der Waals surface area contributed by atoms with Crippen LogP contribution < -0.4 is 0 Å². The van der Waals surface area contributed by atoms with E-state index in [0.717, 1.165) is 13.0 Å². The third-order valence-electron chi connectivity index (χ3n) is 3.57. The highest BCUT2D eigenvalue weighted by atomic mass is 16.6. The second kappa shape index (κ2) is 2.96. The number of ether oxygens (including phenoxy) is 1. The van der Waals surface area contributed by atoms with Crippen LogP contribution >= 0.6 is 0 Å². The molecule has 0 amide bonds. The van der Waals surface area contributed by atoms with Crippen LogP contribution in [-0.2, 0) is 11.2 Å². The standard InChI is InChI=1S/C15H12O/c1-2-5-11-10(4-1)8-14-12(11)6-3-7-13(14)15-9-16-15/h1-7,15H,8-9H2/t15-/m0/s1. The first-order valence-electron chi connectivity index (χ1n) is 5.75. The van der Waals surface area contributed by atoms with Gasteiger partial charge < -0.3 is 4.74 Å². The summed E-state index contributed by atoms with van der Waals surface area (Å²) in [6.45, 7) is 0.896. The summed E-state index contributed by atoms with van der Waals surface area (Å²) >= 11 is 0. The first-order chi connectivity index (χ1) is 7.93. The van der Waals surface area contributed by atoms with Crippen molar-refractivity contribution in [3.63, 3.8) is 0 Å². The fourth-order valence-corrected chi connectivity index (χ4v) is 2.71.